The van der Waals surface area contributed by atoms with Gasteiger partial charge in [0.2, 0.25) is 0 Å². The molecule has 0 atom stereocenters. The fourth-order valence-corrected chi connectivity index (χ4v) is 2.82. The van der Waals surface area contributed by atoms with Gasteiger partial charge >= 0.3 is 0 Å². The predicted octanol–water partition coefficient (Wildman–Crippen LogP) is 3.87. The third kappa shape index (κ3) is 4.12. The molecule has 108 valence electrons. The van der Waals surface area contributed by atoms with Crippen LogP contribution in [0.4, 0.5) is 0 Å². The van der Waals surface area contributed by atoms with Crippen molar-refractivity contribution in [3.05, 3.63) is 34.8 Å². The molecule has 0 bridgehead atoms. The summed E-state index contributed by atoms with van der Waals surface area (Å²) >= 11 is 1.70. The van der Waals surface area contributed by atoms with Crippen molar-refractivity contribution in [2.75, 3.05) is 13.1 Å². The molecule has 1 aromatic heterocycles. The second-order valence-corrected chi connectivity index (χ2v) is 6.34. The van der Waals surface area contributed by atoms with Gasteiger partial charge in [0.15, 0.2) is 0 Å². The van der Waals surface area contributed by atoms with E-state index in [9.17, 15) is 0 Å². The minimum absolute atomic E-state index is 0.568. The molecule has 0 unspecified atom stereocenters. The highest BCUT2D eigenvalue weighted by atomic mass is 32.1. The van der Waals surface area contributed by atoms with Gasteiger partial charge in [0.25, 0.3) is 0 Å². The van der Waals surface area contributed by atoms with Gasteiger partial charge < -0.3 is 5.32 Å². The van der Waals surface area contributed by atoms with Crippen LogP contribution in [0.15, 0.2) is 24.3 Å². The monoisotopic (exact) mass is 289 g/mol. The van der Waals surface area contributed by atoms with Crippen LogP contribution in [0.2, 0.25) is 0 Å². The van der Waals surface area contributed by atoms with Gasteiger partial charge in [-0.05, 0) is 24.4 Å². The second-order valence-electron chi connectivity index (χ2n) is 5.28. The highest BCUT2D eigenvalue weighted by Gasteiger charge is 2.07. The maximum atomic E-state index is 4.30. The Morgan fingerprint density at radius 1 is 1.10 bits per heavy atom. The number of hydrogen-bond acceptors (Lipinski definition) is 4. The van der Waals surface area contributed by atoms with Gasteiger partial charge in [0.05, 0.1) is 0 Å². The number of rotatable bonds is 7. The predicted molar refractivity (Wildman–Crippen MR) is 86.3 cm³/mol. The molecule has 4 heteroatoms. The molecule has 0 aliphatic carbocycles. The number of nitrogens with zero attached hydrogens (tertiary/aromatic N) is 2. The van der Waals surface area contributed by atoms with Crippen molar-refractivity contribution in [1.29, 1.82) is 0 Å². The lowest BCUT2D eigenvalue weighted by atomic mass is 10.0. The van der Waals surface area contributed by atoms with Gasteiger partial charge in [-0.1, -0.05) is 56.4 Å². The Labute approximate surface area is 125 Å². The van der Waals surface area contributed by atoms with Crippen LogP contribution in [0.3, 0.4) is 0 Å². The van der Waals surface area contributed by atoms with E-state index < -0.39 is 0 Å². The Hall–Kier alpha value is -1.26. The smallest absolute Gasteiger partial charge is 0.147 e. The van der Waals surface area contributed by atoms with Crippen molar-refractivity contribution in [1.82, 2.24) is 15.5 Å². The SMILES string of the molecule is CCCNCCc1nnc(-c2ccc(C(C)C)cc2)s1. The first-order valence-corrected chi connectivity index (χ1v) is 8.15. The van der Waals surface area contributed by atoms with Crippen LogP contribution >= 0.6 is 11.3 Å². The summed E-state index contributed by atoms with van der Waals surface area (Å²) in [5.74, 6) is 0.568. The van der Waals surface area contributed by atoms with E-state index in [1.807, 2.05) is 0 Å². The van der Waals surface area contributed by atoms with Crippen molar-refractivity contribution in [2.24, 2.45) is 0 Å². The van der Waals surface area contributed by atoms with Crippen molar-refractivity contribution in [2.45, 2.75) is 39.5 Å². The first-order chi connectivity index (χ1) is 9.70. The van der Waals surface area contributed by atoms with Crippen LogP contribution in [0.1, 0.15) is 43.7 Å². The molecule has 0 aliphatic rings. The van der Waals surface area contributed by atoms with E-state index in [-0.39, 0.29) is 0 Å². The summed E-state index contributed by atoms with van der Waals surface area (Å²) in [4.78, 5) is 0. The summed E-state index contributed by atoms with van der Waals surface area (Å²) in [5.41, 5.74) is 2.53. The highest BCUT2D eigenvalue weighted by molar-refractivity contribution is 7.14. The first-order valence-electron chi connectivity index (χ1n) is 7.34. The van der Waals surface area contributed by atoms with Crippen LogP contribution in [-0.2, 0) is 6.42 Å². The molecule has 0 amide bonds. The van der Waals surface area contributed by atoms with Crippen LogP contribution in [-0.4, -0.2) is 23.3 Å². The normalized spacial score (nSPS) is 11.2. The fourth-order valence-electron chi connectivity index (χ4n) is 1.98. The molecule has 20 heavy (non-hydrogen) atoms. The van der Waals surface area contributed by atoms with Gasteiger partial charge in [0, 0.05) is 18.5 Å². The maximum Gasteiger partial charge on any atom is 0.147 e. The van der Waals surface area contributed by atoms with Gasteiger partial charge in [-0.25, -0.2) is 0 Å². The average Bonchev–Trinajstić information content (AvgIpc) is 2.92. The van der Waals surface area contributed by atoms with Gasteiger partial charge in [0.1, 0.15) is 10.0 Å². The Balaban J connectivity index is 1.97. The quantitative estimate of drug-likeness (QED) is 0.786. The molecule has 0 saturated carbocycles. The minimum atomic E-state index is 0.568. The van der Waals surface area contributed by atoms with E-state index in [1.165, 1.54) is 17.5 Å². The van der Waals surface area contributed by atoms with E-state index in [0.717, 1.165) is 29.5 Å². The molecule has 2 rings (SSSR count). The lowest BCUT2D eigenvalue weighted by Gasteiger charge is -2.04. The highest BCUT2D eigenvalue weighted by Crippen LogP contribution is 2.25. The topological polar surface area (TPSA) is 37.8 Å². The largest absolute Gasteiger partial charge is 0.316 e. The van der Waals surface area contributed by atoms with Crippen LogP contribution in [0.5, 0.6) is 0 Å². The van der Waals surface area contributed by atoms with Gasteiger partial charge in [-0.3, -0.25) is 0 Å². The number of aromatic nitrogens is 2. The van der Waals surface area contributed by atoms with E-state index in [2.05, 4.69) is 60.6 Å². The zero-order valence-electron chi connectivity index (χ0n) is 12.5. The Morgan fingerprint density at radius 3 is 2.50 bits per heavy atom. The third-order valence-electron chi connectivity index (χ3n) is 3.23. The number of hydrogen-bond donors (Lipinski definition) is 1. The molecular weight excluding hydrogens is 266 g/mol. The Morgan fingerprint density at radius 2 is 1.85 bits per heavy atom. The Kier molecular flexibility index (Phi) is 5.68. The second kappa shape index (κ2) is 7.50. The zero-order chi connectivity index (χ0) is 14.4. The number of benzene rings is 1. The Bertz CT molecular complexity index is 517. The summed E-state index contributed by atoms with van der Waals surface area (Å²) in [6.45, 7) is 8.65. The molecule has 0 fully saturated rings. The van der Waals surface area contributed by atoms with Gasteiger partial charge in [-0.15, -0.1) is 10.2 Å². The fraction of sp³-hybridized carbons (Fsp3) is 0.500. The molecule has 2 aromatic rings. The van der Waals surface area contributed by atoms with Crippen LogP contribution in [0, 0.1) is 0 Å². The van der Waals surface area contributed by atoms with Crippen LogP contribution < -0.4 is 5.32 Å². The van der Waals surface area contributed by atoms with E-state index in [1.54, 1.807) is 11.3 Å². The lowest BCUT2D eigenvalue weighted by Crippen LogP contribution is -2.17. The molecule has 1 N–H and O–H groups in total. The van der Waals surface area contributed by atoms with Crippen LogP contribution in [0.25, 0.3) is 10.6 Å². The molecule has 0 saturated heterocycles. The summed E-state index contributed by atoms with van der Waals surface area (Å²) in [6.07, 6.45) is 2.13. The molecule has 3 nitrogen and oxygen atoms in total. The summed E-state index contributed by atoms with van der Waals surface area (Å²) in [6, 6.07) is 8.66. The molecule has 1 heterocycles. The number of nitrogens with one attached hydrogen (secondary N) is 1. The van der Waals surface area contributed by atoms with E-state index in [4.69, 9.17) is 0 Å². The standard InChI is InChI=1S/C16H23N3S/c1-4-10-17-11-9-15-18-19-16(20-15)14-7-5-13(6-8-14)12(2)3/h5-8,12,17H,4,9-11H2,1-3H3. The lowest BCUT2D eigenvalue weighted by molar-refractivity contribution is 0.668. The van der Waals surface area contributed by atoms with Crippen molar-refractivity contribution >= 4 is 11.3 Å². The average molecular weight is 289 g/mol. The van der Waals surface area contributed by atoms with Crippen molar-refractivity contribution < 1.29 is 0 Å². The molecule has 0 spiro atoms. The van der Waals surface area contributed by atoms with Crippen molar-refractivity contribution in [3.8, 4) is 10.6 Å². The van der Waals surface area contributed by atoms with Gasteiger partial charge in [-0.2, -0.15) is 0 Å². The minimum Gasteiger partial charge on any atom is -0.316 e. The van der Waals surface area contributed by atoms with E-state index in [0.29, 0.717) is 5.92 Å². The van der Waals surface area contributed by atoms with Crippen molar-refractivity contribution in [3.63, 3.8) is 0 Å². The summed E-state index contributed by atoms with van der Waals surface area (Å²) in [7, 11) is 0. The zero-order valence-corrected chi connectivity index (χ0v) is 13.3. The first kappa shape index (κ1) is 15.1. The molecule has 1 aromatic carbocycles. The third-order valence-corrected chi connectivity index (χ3v) is 4.27. The summed E-state index contributed by atoms with van der Waals surface area (Å²) in [5, 5.41) is 14.1. The molecule has 0 radical (unpaired) electrons. The molecular formula is C16H23N3S. The summed E-state index contributed by atoms with van der Waals surface area (Å²) < 4.78 is 0. The van der Waals surface area contributed by atoms with E-state index >= 15 is 0 Å². The molecule has 0 aliphatic heterocycles. The maximum absolute atomic E-state index is 4.30.